The highest BCUT2D eigenvalue weighted by atomic mass is 16.5. The summed E-state index contributed by atoms with van der Waals surface area (Å²) in [6.45, 7) is 1.52. The van der Waals surface area contributed by atoms with Crippen molar-refractivity contribution in [2.75, 3.05) is 19.8 Å². The molecule has 17 heavy (non-hydrogen) atoms. The molecule has 0 aromatic heterocycles. The van der Waals surface area contributed by atoms with Crippen LogP contribution < -0.4 is 10.6 Å². The molecule has 2 rings (SSSR count). The van der Waals surface area contributed by atoms with Gasteiger partial charge < -0.3 is 20.5 Å². The molecule has 96 valence electrons. The van der Waals surface area contributed by atoms with Crippen molar-refractivity contribution in [2.24, 2.45) is 5.92 Å². The molecule has 1 aliphatic carbocycles. The second kappa shape index (κ2) is 6.02. The van der Waals surface area contributed by atoms with Crippen LogP contribution in [0.4, 0.5) is 4.79 Å². The zero-order valence-corrected chi connectivity index (χ0v) is 9.89. The Balaban J connectivity index is 1.62. The van der Waals surface area contributed by atoms with Gasteiger partial charge >= 0.3 is 6.03 Å². The van der Waals surface area contributed by atoms with Gasteiger partial charge in [-0.05, 0) is 19.3 Å². The summed E-state index contributed by atoms with van der Waals surface area (Å²) in [5.41, 5.74) is 0. The normalized spacial score (nSPS) is 31.7. The van der Waals surface area contributed by atoms with Crippen LogP contribution in [0.2, 0.25) is 0 Å². The summed E-state index contributed by atoms with van der Waals surface area (Å²) in [7, 11) is 0. The monoisotopic (exact) mass is 240 g/mol. The molecular weight excluding hydrogens is 220 g/mol. The van der Waals surface area contributed by atoms with Gasteiger partial charge in [0.1, 0.15) is 0 Å². The van der Waals surface area contributed by atoms with Gasteiger partial charge in [0.15, 0.2) is 0 Å². The van der Waals surface area contributed by atoms with Gasteiger partial charge in [-0.25, -0.2) is 4.79 Å². The molecule has 1 saturated heterocycles. The average Bonchev–Trinajstić information content (AvgIpc) is 2.97. The lowest BCUT2D eigenvalue weighted by atomic mass is 10.1. The van der Waals surface area contributed by atoms with Gasteiger partial charge in [0, 0.05) is 31.7 Å². The van der Waals surface area contributed by atoms with E-state index in [1.807, 2.05) is 12.2 Å². The molecule has 3 atom stereocenters. The van der Waals surface area contributed by atoms with Crippen molar-refractivity contribution < 1.29 is 14.6 Å². The van der Waals surface area contributed by atoms with Crippen LogP contribution in [0, 0.1) is 5.92 Å². The van der Waals surface area contributed by atoms with E-state index in [9.17, 15) is 4.79 Å². The molecule has 0 aromatic carbocycles. The Morgan fingerprint density at radius 1 is 1.47 bits per heavy atom. The van der Waals surface area contributed by atoms with E-state index in [1.54, 1.807) is 0 Å². The molecule has 0 spiro atoms. The molecule has 2 amide bonds. The predicted molar refractivity (Wildman–Crippen MR) is 63.6 cm³/mol. The van der Waals surface area contributed by atoms with Crippen molar-refractivity contribution in [1.82, 2.24) is 10.6 Å². The summed E-state index contributed by atoms with van der Waals surface area (Å²) in [5.74, 6) is 0.179. The molecular formula is C12H20N2O3. The molecule has 0 aromatic rings. The molecule has 5 nitrogen and oxygen atoms in total. The second-order valence-electron chi connectivity index (χ2n) is 4.66. The molecule has 5 heteroatoms. The van der Waals surface area contributed by atoms with E-state index in [0.717, 1.165) is 25.9 Å². The minimum atomic E-state index is -0.159. The third-order valence-electron chi connectivity index (χ3n) is 3.24. The number of carbonyl (C=O) groups is 1. The SMILES string of the molecule is O=C(NCC1CCCO1)N[C@@H]1C=C[C@H](CO)C1. The maximum Gasteiger partial charge on any atom is 0.315 e. The lowest BCUT2D eigenvalue weighted by Crippen LogP contribution is -2.43. The Kier molecular flexibility index (Phi) is 4.39. The van der Waals surface area contributed by atoms with Crippen molar-refractivity contribution in [3.05, 3.63) is 12.2 Å². The first-order chi connectivity index (χ1) is 8.28. The largest absolute Gasteiger partial charge is 0.396 e. The fourth-order valence-electron chi connectivity index (χ4n) is 2.25. The molecule has 1 heterocycles. The minimum Gasteiger partial charge on any atom is -0.396 e. The molecule has 0 bridgehead atoms. The highest BCUT2D eigenvalue weighted by Crippen LogP contribution is 2.16. The molecule has 2 aliphatic rings. The fourth-order valence-corrected chi connectivity index (χ4v) is 2.25. The summed E-state index contributed by atoms with van der Waals surface area (Å²) >= 11 is 0. The van der Waals surface area contributed by atoms with Gasteiger partial charge in [-0.15, -0.1) is 0 Å². The number of aliphatic hydroxyl groups is 1. The van der Waals surface area contributed by atoms with Crippen molar-refractivity contribution in [1.29, 1.82) is 0 Å². The topological polar surface area (TPSA) is 70.6 Å². The molecule has 3 N–H and O–H groups in total. The third-order valence-corrected chi connectivity index (χ3v) is 3.24. The predicted octanol–water partition coefficient (Wildman–Crippen LogP) is 0.402. The van der Waals surface area contributed by atoms with Crippen molar-refractivity contribution in [3.8, 4) is 0 Å². The van der Waals surface area contributed by atoms with Crippen LogP contribution in [0.1, 0.15) is 19.3 Å². The highest BCUT2D eigenvalue weighted by Gasteiger charge is 2.20. The van der Waals surface area contributed by atoms with E-state index in [4.69, 9.17) is 9.84 Å². The van der Waals surface area contributed by atoms with E-state index >= 15 is 0 Å². The Morgan fingerprint density at radius 3 is 3.00 bits per heavy atom. The second-order valence-corrected chi connectivity index (χ2v) is 4.66. The Morgan fingerprint density at radius 2 is 2.35 bits per heavy atom. The number of rotatable bonds is 4. The molecule has 1 fully saturated rings. The van der Waals surface area contributed by atoms with E-state index in [-0.39, 0.29) is 30.7 Å². The summed E-state index contributed by atoms with van der Waals surface area (Å²) in [5, 5.41) is 14.6. The van der Waals surface area contributed by atoms with E-state index in [0.29, 0.717) is 6.54 Å². The number of amides is 2. The van der Waals surface area contributed by atoms with E-state index in [1.165, 1.54) is 0 Å². The zero-order chi connectivity index (χ0) is 12.1. The van der Waals surface area contributed by atoms with Gasteiger partial charge in [0.25, 0.3) is 0 Å². The Labute approximate surface area is 101 Å². The lowest BCUT2D eigenvalue weighted by molar-refractivity contribution is 0.111. The summed E-state index contributed by atoms with van der Waals surface area (Å²) in [6.07, 6.45) is 6.94. The first-order valence-corrected chi connectivity index (χ1v) is 6.23. The summed E-state index contributed by atoms with van der Waals surface area (Å²) in [6, 6.07) is -0.120. The molecule has 0 saturated carbocycles. The smallest absolute Gasteiger partial charge is 0.315 e. The van der Waals surface area contributed by atoms with Gasteiger partial charge in [-0.1, -0.05) is 12.2 Å². The standard InChI is InChI=1S/C12H20N2O3/c15-8-9-3-4-10(6-9)14-12(16)13-7-11-2-1-5-17-11/h3-4,9-11,15H,1-2,5-8H2,(H2,13,14,16)/t9-,10+,11?/m0/s1. The number of hydrogen-bond donors (Lipinski definition) is 3. The van der Waals surface area contributed by atoms with Crippen molar-refractivity contribution in [2.45, 2.75) is 31.4 Å². The molecule has 0 radical (unpaired) electrons. The van der Waals surface area contributed by atoms with Gasteiger partial charge in [-0.2, -0.15) is 0 Å². The number of aliphatic hydroxyl groups excluding tert-OH is 1. The van der Waals surface area contributed by atoms with Crippen molar-refractivity contribution in [3.63, 3.8) is 0 Å². The lowest BCUT2D eigenvalue weighted by Gasteiger charge is -2.15. The first-order valence-electron chi connectivity index (χ1n) is 6.23. The van der Waals surface area contributed by atoms with Gasteiger partial charge in [0.05, 0.1) is 6.10 Å². The van der Waals surface area contributed by atoms with E-state index in [2.05, 4.69) is 10.6 Å². The van der Waals surface area contributed by atoms with Crippen LogP contribution in [0.5, 0.6) is 0 Å². The number of carbonyl (C=O) groups excluding carboxylic acids is 1. The number of hydrogen-bond acceptors (Lipinski definition) is 3. The Hall–Kier alpha value is -1.07. The fraction of sp³-hybridized carbons (Fsp3) is 0.750. The summed E-state index contributed by atoms with van der Waals surface area (Å²) < 4.78 is 5.42. The number of nitrogens with one attached hydrogen (secondary N) is 2. The number of ether oxygens (including phenoxy) is 1. The zero-order valence-electron chi connectivity index (χ0n) is 9.89. The van der Waals surface area contributed by atoms with Crippen LogP contribution in [0.15, 0.2) is 12.2 Å². The summed E-state index contributed by atoms with van der Waals surface area (Å²) in [4.78, 5) is 11.6. The van der Waals surface area contributed by atoms with Crippen LogP contribution in [0.25, 0.3) is 0 Å². The van der Waals surface area contributed by atoms with E-state index < -0.39 is 0 Å². The van der Waals surface area contributed by atoms with Crippen molar-refractivity contribution >= 4 is 6.03 Å². The van der Waals surface area contributed by atoms with Gasteiger partial charge in [0.2, 0.25) is 0 Å². The van der Waals surface area contributed by atoms with Crippen LogP contribution in [-0.2, 0) is 4.74 Å². The first kappa shape index (κ1) is 12.4. The number of urea groups is 1. The Bertz CT molecular complexity index is 287. The van der Waals surface area contributed by atoms with Crippen LogP contribution >= 0.6 is 0 Å². The third kappa shape index (κ3) is 3.71. The highest BCUT2D eigenvalue weighted by molar-refractivity contribution is 5.74. The average molecular weight is 240 g/mol. The maximum atomic E-state index is 11.6. The minimum absolute atomic E-state index is 0.0386. The van der Waals surface area contributed by atoms with Crippen LogP contribution in [0.3, 0.4) is 0 Å². The quantitative estimate of drug-likeness (QED) is 0.623. The maximum absolute atomic E-state index is 11.6. The molecule has 1 unspecified atom stereocenters. The van der Waals surface area contributed by atoms with Crippen LogP contribution in [-0.4, -0.2) is 43.0 Å². The van der Waals surface area contributed by atoms with Gasteiger partial charge in [-0.3, -0.25) is 0 Å². The molecule has 1 aliphatic heterocycles.